The van der Waals surface area contributed by atoms with Crippen LogP contribution in [-0.2, 0) is 9.47 Å². The molecule has 24 heavy (non-hydrogen) atoms. The number of ether oxygens (including phenoxy) is 2. The van der Waals surface area contributed by atoms with E-state index in [9.17, 15) is 9.59 Å². The summed E-state index contributed by atoms with van der Waals surface area (Å²) in [5.74, 6) is -0.784. The molecule has 1 N–H and O–H groups in total. The number of aromatic nitrogens is 1. The lowest BCUT2D eigenvalue weighted by Gasteiger charge is -2.37. The molecular formula is C17H21N3O4. The summed E-state index contributed by atoms with van der Waals surface area (Å²) in [5, 5.41) is 2.89. The van der Waals surface area contributed by atoms with E-state index in [0.717, 1.165) is 12.8 Å². The molecule has 7 nitrogen and oxygen atoms in total. The molecule has 0 radical (unpaired) electrons. The van der Waals surface area contributed by atoms with Gasteiger partial charge < -0.3 is 19.7 Å². The monoisotopic (exact) mass is 331 g/mol. The number of hydrogen-bond acceptors (Lipinski definition) is 5. The van der Waals surface area contributed by atoms with E-state index in [-0.39, 0.29) is 17.9 Å². The van der Waals surface area contributed by atoms with Gasteiger partial charge >= 0.3 is 0 Å². The van der Waals surface area contributed by atoms with Crippen LogP contribution in [0.4, 0.5) is 0 Å². The van der Waals surface area contributed by atoms with Gasteiger partial charge in [0.15, 0.2) is 5.79 Å². The zero-order chi connectivity index (χ0) is 16.6. The summed E-state index contributed by atoms with van der Waals surface area (Å²) in [6.07, 6.45) is 4.91. The van der Waals surface area contributed by atoms with Gasteiger partial charge in [-0.3, -0.25) is 14.6 Å². The van der Waals surface area contributed by atoms with Crippen molar-refractivity contribution < 1.29 is 19.1 Å². The van der Waals surface area contributed by atoms with Gasteiger partial charge in [0.2, 0.25) is 0 Å². The van der Waals surface area contributed by atoms with Crippen LogP contribution in [0.2, 0.25) is 0 Å². The Balaban J connectivity index is 1.41. The molecular weight excluding hydrogens is 310 g/mol. The van der Waals surface area contributed by atoms with Crippen LogP contribution in [0.15, 0.2) is 18.3 Å². The standard InChI is InChI=1S/C17H21N3O4/c21-15(19-13-1-2-13)14-11-12(3-6-18-14)16(22)20-7-4-17(5-8-20)23-9-10-24-17/h3,6,11,13H,1-2,4-5,7-10H2,(H,19,21). The van der Waals surface area contributed by atoms with E-state index in [4.69, 9.17) is 9.47 Å². The highest BCUT2D eigenvalue weighted by atomic mass is 16.7. The Morgan fingerprint density at radius 2 is 1.92 bits per heavy atom. The molecule has 0 bridgehead atoms. The second kappa shape index (κ2) is 6.14. The fraction of sp³-hybridized carbons (Fsp3) is 0.588. The van der Waals surface area contributed by atoms with Gasteiger partial charge in [0.05, 0.1) is 13.2 Å². The van der Waals surface area contributed by atoms with Crippen molar-refractivity contribution in [2.75, 3.05) is 26.3 Å². The zero-order valence-corrected chi connectivity index (χ0v) is 13.5. The normalized spacial score (nSPS) is 22.6. The van der Waals surface area contributed by atoms with E-state index < -0.39 is 5.79 Å². The first-order valence-electron chi connectivity index (χ1n) is 8.49. The van der Waals surface area contributed by atoms with Crippen molar-refractivity contribution in [2.45, 2.75) is 37.5 Å². The molecule has 1 spiro atoms. The minimum Gasteiger partial charge on any atom is -0.348 e. The summed E-state index contributed by atoms with van der Waals surface area (Å²) in [5.41, 5.74) is 0.791. The molecule has 7 heteroatoms. The second-order valence-corrected chi connectivity index (χ2v) is 6.58. The molecule has 1 saturated carbocycles. The maximum atomic E-state index is 12.7. The van der Waals surface area contributed by atoms with Crippen molar-refractivity contribution in [3.8, 4) is 0 Å². The van der Waals surface area contributed by atoms with Gasteiger partial charge in [0.1, 0.15) is 5.69 Å². The fourth-order valence-electron chi connectivity index (χ4n) is 3.19. The maximum Gasteiger partial charge on any atom is 0.270 e. The van der Waals surface area contributed by atoms with Gasteiger partial charge in [-0.05, 0) is 25.0 Å². The summed E-state index contributed by atoms with van der Waals surface area (Å²) >= 11 is 0. The van der Waals surface area contributed by atoms with Crippen molar-refractivity contribution in [1.29, 1.82) is 0 Å². The maximum absolute atomic E-state index is 12.7. The van der Waals surface area contributed by atoms with Gasteiger partial charge in [-0.15, -0.1) is 0 Å². The van der Waals surface area contributed by atoms with Crippen LogP contribution in [0, 0.1) is 0 Å². The second-order valence-electron chi connectivity index (χ2n) is 6.58. The van der Waals surface area contributed by atoms with Crippen LogP contribution >= 0.6 is 0 Å². The summed E-state index contributed by atoms with van der Waals surface area (Å²) in [6.45, 7) is 2.42. The third kappa shape index (κ3) is 3.14. The first-order valence-corrected chi connectivity index (χ1v) is 8.49. The molecule has 2 amide bonds. The Kier molecular flexibility index (Phi) is 3.97. The van der Waals surface area contributed by atoms with Crippen molar-refractivity contribution in [3.05, 3.63) is 29.6 Å². The van der Waals surface area contributed by atoms with Crippen LogP contribution in [-0.4, -0.2) is 59.8 Å². The van der Waals surface area contributed by atoms with Crippen molar-refractivity contribution in [3.63, 3.8) is 0 Å². The third-order valence-electron chi connectivity index (χ3n) is 4.78. The van der Waals surface area contributed by atoms with Crippen LogP contribution in [0.1, 0.15) is 46.5 Å². The number of nitrogens with one attached hydrogen (secondary N) is 1. The van der Waals surface area contributed by atoms with E-state index >= 15 is 0 Å². The molecule has 128 valence electrons. The number of nitrogens with zero attached hydrogens (tertiary/aromatic N) is 2. The average molecular weight is 331 g/mol. The zero-order valence-electron chi connectivity index (χ0n) is 13.5. The van der Waals surface area contributed by atoms with Gasteiger partial charge in [-0.25, -0.2) is 0 Å². The number of rotatable bonds is 3. The first kappa shape index (κ1) is 15.5. The summed E-state index contributed by atoms with van der Waals surface area (Å²) < 4.78 is 11.4. The predicted molar refractivity (Wildman–Crippen MR) is 84.5 cm³/mol. The first-order chi connectivity index (χ1) is 11.7. The smallest absolute Gasteiger partial charge is 0.270 e. The number of carbonyl (C=O) groups excluding carboxylic acids is 2. The molecule has 1 aromatic rings. The minimum atomic E-state index is -0.496. The highest BCUT2D eigenvalue weighted by molar-refractivity contribution is 5.98. The molecule has 0 aromatic carbocycles. The van der Waals surface area contributed by atoms with Gasteiger partial charge in [-0.2, -0.15) is 0 Å². The summed E-state index contributed by atoms with van der Waals surface area (Å²) in [6, 6.07) is 3.50. The van der Waals surface area contributed by atoms with Crippen molar-refractivity contribution >= 4 is 11.8 Å². The number of piperidine rings is 1. The lowest BCUT2D eigenvalue weighted by molar-refractivity contribution is -0.181. The predicted octanol–water partition coefficient (Wildman–Crippen LogP) is 0.953. The molecule has 2 aliphatic heterocycles. The van der Waals surface area contributed by atoms with Gasteiger partial charge in [-0.1, -0.05) is 0 Å². The summed E-state index contributed by atoms with van der Waals surface area (Å²) in [4.78, 5) is 30.7. The molecule has 3 heterocycles. The lowest BCUT2D eigenvalue weighted by Crippen LogP contribution is -2.47. The van der Waals surface area contributed by atoms with Crippen molar-refractivity contribution in [2.24, 2.45) is 0 Å². The largest absolute Gasteiger partial charge is 0.348 e. The van der Waals surface area contributed by atoms with Crippen molar-refractivity contribution in [1.82, 2.24) is 15.2 Å². The van der Waals surface area contributed by atoms with Crippen LogP contribution in [0.25, 0.3) is 0 Å². The van der Waals surface area contributed by atoms with Crippen LogP contribution in [0.3, 0.4) is 0 Å². The molecule has 1 aliphatic carbocycles. The molecule has 3 fully saturated rings. The Morgan fingerprint density at radius 1 is 1.21 bits per heavy atom. The van der Waals surface area contributed by atoms with E-state index in [0.29, 0.717) is 50.4 Å². The van der Waals surface area contributed by atoms with E-state index in [1.54, 1.807) is 17.0 Å². The highest BCUT2D eigenvalue weighted by Crippen LogP contribution is 2.31. The highest BCUT2D eigenvalue weighted by Gasteiger charge is 2.40. The lowest BCUT2D eigenvalue weighted by atomic mass is 10.0. The molecule has 0 atom stereocenters. The third-order valence-corrected chi connectivity index (χ3v) is 4.78. The van der Waals surface area contributed by atoms with Gasteiger partial charge in [0, 0.05) is 43.7 Å². The Morgan fingerprint density at radius 3 is 2.58 bits per heavy atom. The Hall–Kier alpha value is -1.99. The topological polar surface area (TPSA) is 80.8 Å². The number of pyridine rings is 1. The summed E-state index contributed by atoms with van der Waals surface area (Å²) in [7, 11) is 0. The van der Waals surface area contributed by atoms with Gasteiger partial charge in [0.25, 0.3) is 11.8 Å². The minimum absolute atomic E-state index is 0.0780. The SMILES string of the molecule is O=C(NC1CC1)c1cc(C(=O)N2CCC3(CC2)OCCO3)ccn1. The fourth-order valence-corrected chi connectivity index (χ4v) is 3.19. The average Bonchev–Trinajstić information content (AvgIpc) is 3.32. The van der Waals surface area contributed by atoms with Crippen LogP contribution < -0.4 is 5.32 Å². The van der Waals surface area contributed by atoms with E-state index in [1.165, 1.54) is 6.20 Å². The number of likely N-dealkylation sites (tertiary alicyclic amines) is 1. The number of hydrogen-bond donors (Lipinski definition) is 1. The Bertz CT molecular complexity index is 643. The Labute approximate surface area is 140 Å². The molecule has 0 unspecified atom stereocenters. The number of carbonyl (C=O) groups is 2. The molecule has 4 rings (SSSR count). The van der Waals surface area contributed by atoms with Crippen LogP contribution in [0.5, 0.6) is 0 Å². The van der Waals surface area contributed by atoms with E-state index in [2.05, 4.69) is 10.3 Å². The number of amides is 2. The molecule has 2 saturated heterocycles. The quantitative estimate of drug-likeness (QED) is 0.892. The molecule has 3 aliphatic rings. The molecule has 1 aromatic heterocycles. The van der Waals surface area contributed by atoms with E-state index in [1.807, 2.05) is 0 Å².